The van der Waals surface area contributed by atoms with Crippen molar-refractivity contribution in [3.05, 3.63) is 88.9 Å². The Bertz CT molecular complexity index is 996. The van der Waals surface area contributed by atoms with Crippen LogP contribution in [0.1, 0.15) is 27.0 Å². The minimum Gasteiger partial charge on any atom is -0.465 e. The van der Waals surface area contributed by atoms with Gasteiger partial charge in [-0.2, -0.15) is 0 Å². The molecule has 0 unspecified atom stereocenters. The molecule has 27 heavy (non-hydrogen) atoms. The van der Waals surface area contributed by atoms with E-state index in [1.54, 1.807) is 18.3 Å². The molecule has 1 aromatic heterocycles. The fourth-order valence-corrected chi connectivity index (χ4v) is 3.18. The monoisotopic (exact) mass is 360 g/mol. The number of carbonyl (C=O) groups is 1. The smallest absolute Gasteiger partial charge is 0.337 e. The van der Waals surface area contributed by atoms with Crippen molar-refractivity contribution in [3.63, 3.8) is 0 Å². The number of nitrogens with zero attached hydrogens (tertiary/aromatic N) is 2. The molecule has 0 fully saturated rings. The van der Waals surface area contributed by atoms with Crippen molar-refractivity contribution in [3.8, 4) is 0 Å². The second-order valence-corrected chi connectivity index (χ2v) is 6.19. The van der Waals surface area contributed by atoms with Crippen molar-refractivity contribution < 1.29 is 13.9 Å². The number of aromatic nitrogens is 1. The van der Waals surface area contributed by atoms with Crippen LogP contribution in [0.5, 0.6) is 0 Å². The minimum atomic E-state index is -0.559. The largest absolute Gasteiger partial charge is 0.465 e. The summed E-state index contributed by atoms with van der Waals surface area (Å²) in [5.74, 6) is -0.253. The van der Waals surface area contributed by atoms with Crippen LogP contribution in [-0.4, -0.2) is 18.1 Å². The van der Waals surface area contributed by atoms with E-state index in [2.05, 4.69) is 9.72 Å². The summed E-state index contributed by atoms with van der Waals surface area (Å²) >= 11 is 0. The summed E-state index contributed by atoms with van der Waals surface area (Å²) < 4.78 is 19.3. The molecule has 4 nitrogen and oxygen atoms in total. The third-order valence-electron chi connectivity index (χ3n) is 4.55. The van der Waals surface area contributed by atoms with Crippen LogP contribution in [-0.2, 0) is 11.3 Å². The molecule has 4 rings (SSSR count). The average molecular weight is 360 g/mol. The van der Waals surface area contributed by atoms with Crippen LogP contribution in [0.25, 0.3) is 12.2 Å². The molecule has 0 saturated heterocycles. The number of anilines is 2. The van der Waals surface area contributed by atoms with Gasteiger partial charge in [0, 0.05) is 23.0 Å². The van der Waals surface area contributed by atoms with Crippen LogP contribution in [0, 0.1) is 5.82 Å². The Morgan fingerprint density at radius 3 is 2.67 bits per heavy atom. The molecule has 0 spiro atoms. The van der Waals surface area contributed by atoms with Gasteiger partial charge in [-0.3, -0.25) is 0 Å². The van der Waals surface area contributed by atoms with Crippen molar-refractivity contribution in [2.24, 2.45) is 0 Å². The van der Waals surface area contributed by atoms with E-state index in [-0.39, 0.29) is 12.1 Å². The molecule has 0 bridgehead atoms. The molecular formula is C22H17FN2O2. The van der Waals surface area contributed by atoms with Crippen molar-refractivity contribution in [1.82, 2.24) is 4.98 Å². The zero-order chi connectivity index (χ0) is 18.8. The predicted molar refractivity (Wildman–Crippen MR) is 103 cm³/mol. The van der Waals surface area contributed by atoms with Crippen LogP contribution >= 0.6 is 0 Å². The Kier molecular flexibility index (Phi) is 4.42. The van der Waals surface area contributed by atoms with Crippen molar-refractivity contribution in [2.45, 2.75) is 6.54 Å². The first-order chi connectivity index (χ1) is 13.2. The second-order valence-electron chi connectivity index (χ2n) is 6.19. The number of benzene rings is 2. The number of carbonyl (C=O) groups excluding carboxylic acids is 1. The number of pyridine rings is 1. The summed E-state index contributed by atoms with van der Waals surface area (Å²) in [5, 5.41) is 0. The molecule has 0 radical (unpaired) electrons. The van der Waals surface area contributed by atoms with E-state index in [4.69, 9.17) is 0 Å². The standard InChI is InChI=1S/C22H17FN2O2/c1-27-22(26)17-10-11-18(19(23)13-17)14-25-20-7-3-2-5-15(20)8-9-16-6-4-12-24-21(16)25/h2-13H,14H2,1H3. The van der Waals surface area contributed by atoms with Crippen LogP contribution in [0.3, 0.4) is 0 Å². The van der Waals surface area contributed by atoms with Gasteiger partial charge in [0.1, 0.15) is 11.6 Å². The van der Waals surface area contributed by atoms with Gasteiger partial charge in [0.05, 0.1) is 19.2 Å². The number of para-hydroxylation sites is 1. The Labute approximate surface area is 156 Å². The topological polar surface area (TPSA) is 42.4 Å². The normalized spacial score (nSPS) is 12.1. The lowest BCUT2D eigenvalue weighted by molar-refractivity contribution is 0.0600. The first kappa shape index (κ1) is 17.0. The Hall–Kier alpha value is -3.47. The predicted octanol–water partition coefficient (Wildman–Crippen LogP) is 4.83. The molecule has 5 heteroatoms. The lowest BCUT2D eigenvalue weighted by Crippen LogP contribution is -2.20. The third-order valence-corrected chi connectivity index (χ3v) is 4.55. The maximum absolute atomic E-state index is 14.7. The maximum atomic E-state index is 14.7. The van der Waals surface area contributed by atoms with Crippen molar-refractivity contribution in [2.75, 3.05) is 12.0 Å². The SMILES string of the molecule is COC(=O)c1ccc(CN2c3ccccc3C=Cc3cccnc32)c(F)c1. The number of hydrogen-bond acceptors (Lipinski definition) is 4. The molecule has 0 N–H and O–H groups in total. The van der Waals surface area contributed by atoms with Crippen molar-refractivity contribution in [1.29, 1.82) is 0 Å². The molecule has 0 amide bonds. The Morgan fingerprint density at radius 1 is 1.07 bits per heavy atom. The highest BCUT2D eigenvalue weighted by Crippen LogP contribution is 2.36. The fraction of sp³-hybridized carbons (Fsp3) is 0.0909. The average Bonchev–Trinajstić information content (AvgIpc) is 2.86. The third kappa shape index (κ3) is 3.19. The number of rotatable bonds is 3. The van der Waals surface area contributed by atoms with Gasteiger partial charge in [0.2, 0.25) is 0 Å². The fourth-order valence-electron chi connectivity index (χ4n) is 3.18. The van der Waals surface area contributed by atoms with Gasteiger partial charge in [0.15, 0.2) is 0 Å². The molecule has 0 atom stereocenters. The van der Waals surface area contributed by atoms with Gasteiger partial charge in [-0.05, 0) is 35.9 Å². The summed E-state index contributed by atoms with van der Waals surface area (Å²) in [6, 6.07) is 16.2. The number of halogens is 1. The molecular weight excluding hydrogens is 343 g/mol. The summed E-state index contributed by atoms with van der Waals surface area (Å²) in [7, 11) is 1.28. The van der Waals surface area contributed by atoms with Crippen LogP contribution in [0.15, 0.2) is 60.8 Å². The maximum Gasteiger partial charge on any atom is 0.337 e. The zero-order valence-corrected chi connectivity index (χ0v) is 14.7. The zero-order valence-electron chi connectivity index (χ0n) is 14.7. The highest BCUT2D eigenvalue weighted by atomic mass is 19.1. The lowest BCUT2D eigenvalue weighted by atomic mass is 10.1. The van der Waals surface area contributed by atoms with Gasteiger partial charge in [-0.15, -0.1) is 0 Å². The van der Waals surface area contributed by atoms with Crippen molar-refractivity contribution >= 4 is 29.6 Å². The second kappa shape index (κ2) is 7.03. The highest BCUT2D eigenvalue weighted by molar-refractivity contribution is 5.89. The quantitative estimate of drug-likeness (QED) is 0.628. The van der Waals surface area contributed by atoms with E-state index in [1.165, 1.54) is 13.2 Å². The summed E-state index contributed by atoms with van der Waals surface area (Å²) in [5.41, 5.74) is 3.59. The van der Waals surface area contributed by atoms with E-state index in [9.17, 15) is 9.18 Å². The number of hydrogen-bond donors (Lipinski definition) is 0. The molecule has 2 aromatic carbocycles. The van der Waals surface area contributed by atoms with Gasteiger partial charge < -0.3 is 9.64 Å². The van der Waals surface area contributed by atoms with E-state index < -0.39 is 11.8 Å². The summed E-state index contributed by atoms with van der Waals surface area (Å²) in [4.78, 5) is 18.1. The van der Waals surface area contributed by atoms with Gasteiger partial charge in [-0.25, -0.2) is 14.2 Å². The molecule has 3 aromatic rings. The van der Waals surface area contributed by atoms with Crippen LogP contribution in [0.4, 0.5) is 15.9 Å². The van der Waals surface area contributed by atoms with Gasteiger partial charge in [-0.1, -0.05) is 36.4 Å². The van der Waals surface area contributed by atoms with E-state index >= 15 is 0 Å². The molecule has 1 aliphatic heterocycles. The van der Waals surface area contributed by atoms with Gasteiger partial charge in [0.25, 0.3) is 0 Å². The lowest BCUT2D eigenvalue weighted by Gasteiger charge is -2.26. The molecule has 134 valence electrons. The molecule has 0 saturated carbocycles. The number of ether oxygens (including phenoxy) is 1. The van der Waals surface area contributed by atoms with E-state index in [1.807, 2.05) is 53.5 Å². The van der Waals surface area contributed by atoms with Gasteiger partial charge >= 0.3 is 5.97 Å². The van der Waals surface area contributed by atoms with Crippen LogP contribution in [0.2, 0.25) is 0 Å². The first-order valence-electron chi connectivity index (χ1n) is 8.54. The highest BCUT2D eigenvalue weighted by Gasteiger charge is 2.21. The number of esters is 1. The Morgan fingerprint density at radius 2 is 1.85 bits per heavy atom. The first-order valence-corrected chi connectivity index (χ1v) is 8.54. The molecule has 1 aliphatic rings. The molecule has 2 heterocycles. The summed E-state index contributed by atoms with van der Waals surface area (Å²) in [6.45, 7) is 0.288. The number of fused-ring (bicyclic) bond motifs is 2. The number of methoxy groups -OCH3 is 1. The Balaban J connectivity index is 1.78. The van der Waals surface area contributed by atoms with E-state index in [0.29, 0.717) is 5.56 Å². The van der Waals surface area contributed by atoms with Crippen LogP contribution < -0.4 is 4.90 Å². The summed E-state index contributed by atoms with van der Waals surface area (Å²) in [6.07, 6.45) is 5.77. The minimum absolute atomic E-state index is 0.190. The van der Waals surface area contributed by atoms with E-state index in [0.717, 1.165) is 22.6 Å². The molecule has 0 aliphatic carbocycles.